The topological polar surface area (TPSA) is 68.0 Å². The Morgan fingerprint density at radius 2 is 2.16 bits per heavy atom. The Balaban J connectivity index is 1.58. The Bertz CT molecular complexity index is 1040. The van der Waals surface area contributed by atoms with Gasteiger partial charge in [0.2, 0.25) is 5.89 Å². The fourth-order valence-electron chi connectivity index (χ4n) is 2.41. The molecule has 0 aliphatic rings. The highest BCUT2D eigenvalue weighted by atomic mass is 35.5. The minimum absolute atomic E-state index is 0.146. The summed E-state index contributed by atoms with van der Waals surface area (Å²) in [5.41, 5.74) is 2.50. The number of halogens is 1. The van der Waals surface area contributed by atoms with Crippen LogP contribution in [-0.4, -0.2) is 15.9 Å². The van der Waals surface area contributed by atoms with E-state index in [-0.39, 0.29) is 5.91 Å². The summed E-state index contributed by atoms with van der Waals surface area (Å²) in [6, 6.07) is 12.6. The fraction of sp³-hybridized carbons (Fsp3) is 0.0556. The van der Waals surface area contributed by atoms with Crippen molar-refractivity contribution in [2.24, 2.45) is 0 Å². The van der Waals surface area contributed by atoms with Gasteiger partial charge in [-0.25, -0.2) is 9.97 Å². The molecule has 0 saturated heterocycles. The molecule has 3 heterocycles. The van der Waals surface area contributed by atoms with E-state index in [9.17, 15) is 4.79 Å². The third-order valence-corrected chi connectivity index (χ3v) is 4.71. The summed E-state index contributed by atoms with van der Waals surface area (Å²) in [7, 11) is 0. The molecule has 0 aliphatic carbocycles. The highest BCUT2D eigenvalue weighted by Crippen LogP contribution is 2.26. The number of aromatic nitrogens is 2. The number of pyridine rings is 1. The monoisotopic (exact) mass is 369 g/mol. The average molecular weight is 370 g/mol. The summed E-state index contributed by atoms with van der Waals surface area (Å²) in [6.45, 7) is 0.508. The number of carbonyl (C=O) groups excluding carboxylic acids is 1. The van der Waals surface area contributed by atoms with Crippen LogP contribution in [0.3, 0.4) is 0 Å². The molecule has 124 valence electrons. The molecule has 0 aliphatic heterocycles. The molecule has 1 amide bonds. The number of fused-ring (bicyclic) bond motifs is 1. The van der Waals surface area contributed by atoms with Crippen LogP contribution < -0.4 is 5.32 Å². The molecule has 5 nitrogen and oxygen atoms in total. The molecular formula is C18H12ClN3O2S. The van der Waals surface area contributed by atoms with Crippen molar-refractivity contribution in [3.8, 4) is 11.5 Å². The Hall–Kier alpha value is -2.70. The van der Waals surface area contributed by atoms with Gasteiger partial charge in [0.15, 0.2) is 5.58 Å². The van der Waals surface area contributed by atoms with Gasteiger partial charge in [0.1, 0.15) is 10.7 Å². The zero-order chi connectivity index (χ0) is 17.2. The van der Waals surface area contributed by atoms with Crippen LogP contribution >= 0.6 is 22.9 Å². The van der Waals surface area contributed by atoms with Gasteiger partial charge in [-0.15, -0.1) is 11.3 Å². The van der Waals surface area contributed by atoms with Gasteiger partial charge in [-0.05, 0) is 41.8 Å². The molecule has 1 aromatic carbocycles. The Kier molecular flexibility index (Phi) is 4.21. The zero-order valence-electron chi connectivity index (χ0n) is 12.9. The number of nitrogens with one attached hydrogen (secondary N) is 1. The lowest BCUT2D eigenvalue weighted by atomic mass is 10.2. The van der Waals surface area contributed by atoms with Crippen LogP contribution in [-0.2, 0) is 6.54 Å². The SMILES string of the molecule is O=C(NCc1cccs1)c1ccc2oc(-c3ccnc(Cl)c3)nc2c1. The second-order valence-electron chi connectivity index (χ2n) is 5.33. The second-order valence-corrected chi connectivity index (χ2v) is 6.75. The number of amides is 1. The molecule has 4 rings (SSSR count). The molecular weight excluding hydrogens is 358 g/mol. The van der Waals surface area contributed by atoms with Gasteiger partial charge in [-0.1, -0.05) is 17.7 Å². The molecule has 0 radical (unpaired) electrons. The van der Waals surface area contributed by atoms with E-state index >= 15 is 0 Å². The molecule has 25 heavy (non-hydrogen) atoms. The number of oxazole rings is 1. The van der Waals surface area contributed by atoms with Crippen molar-refractivity contribution in [1.29, 1.82) is 0 Å². The van der Waals surface area contributed by atoms with Crippen molar-refractivity contribution in [1.82, 2.24) is 15.3 Å². The van der Waals surface area contributed by atoms with Gasteiger partial charge in [-0.3, -0.25) is 4.79 Å². The van der Waals surface area contributed by atoms with E-state index in [2.05, 4.69) is 15.3 Å². The maximum absolute atomic E-state index is 12.3. The molecule has 0 unspecified atom stereocenters. The standard InChI is InChI=1S/C18H12ClN3O2S/c19-16-9-12(5-6-20-16)18-22-14-8-11(3-4-15(14)24-18)17(23)21-10-13-2-1-7-25-13/h1-9H,10H2,(H,21,23). The van der Waals surface area contributed by atoms with Crippen LogP contribution in [0.4, 0.5) is 0 Å². The average Bonchev–Trinajstić information content (AvgIpc) is 3.28. The summed E-state index contributed by atoms with van der Waals surface area (Å²) in [5.74, 6) is 0.294. The lowest BCUT2D eigenvalue weighted by molar-refractivity contribution is 0.0951. The van der Waals surface area contributed by atoms with Crippen LogP contribution in [0.1, 0.15) is 15.2 Å². The number of nitrogens with zero attached hydrogens (tertiary/aromatic N) is 2. The third kappa shape index (κ3) is 3.40. The summed E-state index contributed by atoms with van der Waals surface area (Å²) < 4.78 is 5.74. The maximum atomic E-state index is 12.3. The summed E-state index contributed by atoms with van der Waals surface area (Å²) in [6.07, 6.45) is 1.59. The molecule has 0 bridgehead atoms. The quantitative estimate of drug-likeness (QED) is 0.536. The van der Waals surface area contributed by atoms with E-state index in [4.69, 9.17) is 16.0 Å². The number of rotatable bonds is 4. The first-order valence-corrected chi connectivity index (χ1v) is 8.78. The van der Waals surface area contributed by atoms with Crippen molar-refractivity contribution in [2.45, 2.75) is 6.54 Å². The van der Waals surface area contributed by atoms with Crippen LogP contribution in [0.2, 0.25) is 5.15 Å². The second kappa shape index (κ2) is 6.66. The predicted octanol–water partition coefficient (Wildman–Crippen LogP) is 4.53. The zero-order valence-corrected chi connectivity index (χ0v) is 14.5. The minimum atomic E-state index is -0.146. The molecule has 7 heteroatoms. The van der Waals surface area contributed by atoms with Crippen molar-refractivity contribution in [2.75, 3.05) is 0 Å². The molecule has 0 saturated carbocycles. The Morgan fingerprint density at radius 3 is 2.96 bits per heavy atom. The van der Waals surface area contributed by atoms with Crippen LogP contribution in [0.25, 0.3) is 22.6 Å². The van der Waals surface area contributed by atoms with Gasteiger partial charge < -0.3 is 9.73 Å². The van der Waals surface area contributed by atoms with Gasteiger partial charge in [0.05, 0.1) is 6.54 Å². The van der Waals surface area contributed by atoms with E-state index in [0.29, 0.717) is 34.3 Å². The molecule has 0 spiro atoms. The molecule has 4 aromatic rings. The van der Waals surface area contributed by atoms with E-state index in [1.54, 1.807) is 47.9 Å². The molecule has 3 aromatic heterocycles. The fourth-order valence-corrected chi connectivity index (χ4v) is 3.23. The van der Waals surface area contributed by atoms with Crippen LogP contribution in [0.5, 0.6) is 0 Å². The number of benzene rings is 1. The number of thiophene rings is 1. The van der Waals surface area contributed by atoms with E-state index in [0.717, 1.165) is 10.4 Å². The third-order valence-electron chi connectivity index (χ3n) is 3.63. The first-order valence-electron chi connectivity index (χ1n) is 7.52. The largest absolute Gasteiger partial charge is 0.436 e. The van der Waals surface area contributed by atoms with E-state index < -0.39 is 0 Å². The lowest BCUT2D eigenvalue weighted by Crippen LogP contribution is -2.22. The highest BCUT2D eigenvalue weighted by molar-refractivity contribution is 7.09. The molecule has 1 N–H and O–H groups in total. The number of hydrogen-bond donors (Lipinski definition) is 1. The lowest BCUT2D eigenvalue weighted by Gasteiger charge is -2.03. The molecule has 0 fully saturated rings. The first-order chi connectivity index (χ1) is 12.2. The normalized spacial score (nSPS) is 10.9. The summed E-state index contributed by atoms with van der Waals surface area (Å²) >= 11 is 7.51. The summed E-state index contributed by atoms with van der Waals surface area (Å²) in [5, 5.41) is 5.25. The number of hydrogen-bond acceptors (Lipinski definition) is 5. The van der Waals surface area contributed by atoms with Gasteiger partial charge in [0.25, 0.3) is 5.91 Å². The van der Waals surface area contributed by atoms with Gasteiger partial charge >= 0.3 is 0 Å². The van der Waals surface area contributed by atoms with Crippen molar-refractivity contribution in [3.05, 3.63) is 69.6 Å². The molecule has 0 atom stereocenters. The summed E-state index contributed by atoms with van der Waals surface area (Å²) in [4.78, 5) is 21.8. The maximum Gasteiger partial charge on any atom is 0.251 e. The Morgan fingerprint density at radius 1 is 1.24 bits per heavy atom. The van der Waals surface area contributed by atoms with Crippen molar-refractivity contribution < 1.29 is 9.21 Å². The van der Waals surface area contributed by atoms with Crippen LogP contribution in [0, 0.1) is 0 Å². The minimum Gasteiger partial charge on any atom is -0.436 e. The van der Waals surface area contributed by atoms with Gasteiger partial charge in [0, 0.05) is 22.2 Å². The number of carbonyl (C=O) groups is 1. The smallest absolute Gasteiger partial charge is 0.251 e. The van der Waals surface area contributed by atoms with E-state index in [1.165, 1.54) is 0 Å². The highest BCUT2D eigenvalue weighted by Gasteiger charge is 2.12. The van der Waals surface area contributed by atoms with Gasteiger partial charge in [-0.2, -0.15) is 0 Å². The van der Waals surface area contributed by atoms with Crippen molar-refractivity contribution in [3.63, 3.8) is 0 Å². The van der Waals surface area contributed by atoms with E-state index in [1.807, 2.05) is 17.5 Å². The predicted molar refractivity (Wildman–Crippen MR) is 97.7 cm³/mol. The first kappa shape index (κ1) is 15.8. The Labute approximate surface area is 152 Å². The van der Waals surface area contributed by atoms with Crippen molar-refractivity contribution >= 4 is 39.9 Å². The van der Waals surface area contributed by atoms with Crippen LogP contribution in [0.15, 0.2) is 58.5 Å².